The van der Waals surface area contributed by atoms with Gasteiger partial charge in [-0.3, -0.25) is 9.48 Å². The van der Waals surface area contributed by atoms with Crippen LogP contribution < -0.4 is 0 Å². The lowest BCUT2D eigenvalue weighted by Crippen LogP contribution is -2.32. The van der Waals surface area contributed by atoms with Crippen LogP contribution in [0.2, 0.25) is 0 Å². The number of carbonyl (C=O) groups excluding carboxylic acids is 1. The molecule has 1 fully saturated rings. The molecule has 0 aromatic carbocycles. The average molecular weight is 357 g/mol. The fourth-order valence-corrected chi connectivity index (χ4v) is 3.87. The fraction of sp³-hybridized carbons (Fsp3) is 0.750. The molecule has 1 aromatic heterocycles. The molecule has 0 spiro atoms. The highest BCUT2D eigenvalue weighted by Gasteiger charge is 2.29. The van der Waals surface area contributed by atoms with Crippen LogP contribution >= 0.6 is 15.9 Å². The van der Waals surface area contributed by atoms with Gasteiger partial charge in [0.2, 0.25) is 0 Å². The third-order valence-corrected chi connectivity index (χ3v) is 5.38. The van der Waals surface area contributed by atoms with Gasteiger partial charge in [-0.15, -0.1) is 0 Å². The van der Waals surface area contributed by atoms with Crippen LogP contribution in [0.3, 0.4) is 0 Å². The number of nitrogens with zero attached hydrogens (tertiary/aromatic N) is 2. The first-order valence-electron chi connectivity index (χ1n) is 8.03. The van der Waals surface area contributed by atoms with Crippen molar-refractivity contribution in [1.82, 2.24) is 9.78 Å². The zero-order valence-corrected chi connectivity index (χ0v) is 14.5. The second-order valence-corrected chi connectivity index (χ2v) is 6.66. The number of ketones is 1. The summed E-state index contributed by atoms with van der Waals surface area (Å²) in [6.45, 7) is 4.81. The summed E-state index contributed by atoms with van der Waals surface area (Å²) in [4.78, 5) is 12.4. The van der Waals surface area contributed by atoms with Gasteiger partial charge in [0.25, 0.3) is 0 Å². The molecule has 0 saturated heterocycles. The van der Waals surface area contributed by atoms with Gasteiger partial charge in [0.05, 0.1) is 22.3 Å². The van der Waals surface area contributed by atoms with Crippen LogP contribution in [0.5, 0.6) is 0 Å². The Morgan fingerprint density at radius 3 is 2.62 bits per heavy atom. The summed E-state index contributed by atoms with van der Waals surface area (Å²) in [5, 5.41) is 14.8. The molecule has 0 bridgehead atoms. The smallest absolute Gasteiger partial charge is 0.167 e. The Bertz CT molecular complexity index is 493. The molecular weight excluding hydrogens is 332 g/mol. The van der Waals surface area contributed by atoms with Crippen molar-refractivity contribution in [2.75, 3.05) is 0 Å². The first-order valence-corrected chi connectivity index (χ1v) is 8.82. The van der Waals surface area contributed by atoms with E-state index in [0.29, 0.717) is 0 Å². The lowest BCUT2D eigenvalue weighted by Gasteiger charge is -2.25. The Hall–Kier alpha value is -0.680. The third kappa shape index (κ3) is 3.75. The highest BCUT2D eigenvalue weighted by molar-refractivity contribution is 9.10. The van der Waals surface area contributed by atoms with Crippen LogP contribution in [-0.4, -0.2) is 26.8 Å². The highest BCUT2D eigenvalue weighted by Crippen LogP contribution is 2.28. The minimum absolute atomic E-state index is 0.0696. The van der Waals surface area contributed by atoms with Gasteiger partial charge in [-0.1, -0.05) is 26.2 Å². The van der Waals surface area contributed by atoms with Gasteiger partial charge < -0.3 is 5.11 Å². The minimum atomic E-state index is -0.817. The monoisotopic (exact) mass is 356 g/mol. The minimum Gasteiger partial charge on any atom is -0.385 e. The molecule has 21 heavy (non-hydrogen) atoms. The number of Topliss-reactive ketones (excluding diaryl/α,β-unsaturated/α-hetero) is 1. The molecular formula is C16H25BrN2O2. The van der Waals surface area contributed by atoms with Crippen LogP contribution in [0.4, 0.5) is 0 Å². The second kappa shape index (κ2) is 7.54. The van der Waals surface area contributed by atoms with Crippen LogP contribution in [0, 0.1) is 5.92 Å². The van der Waals surface area contributed by atoms with Crippen LogP contribution in [-0.2, 0) is 24.2 Å². The van der Waals surface area contributed by atoms with Crippen molar-refractivity contribution < 1.29 is 9.90 Å². The van der Waals surface area contributed by atoms with E-state index in [9.17, 15) is 9.90 Å². The van der Waals surface area contributed by atoms with E-state index >= 15 is 0 Å². The molecule has 1 unspecified atom stereocenters. The molecule has 2 rings (SSSR count). The summed E-state index contributed by atoms with van der Waals surface area (Å²) in [7, 11) is 0. The van der Waals surface area contributed by atoms with E-state index in [0.717, 1.165) is 54.5 Å². The summed E-state index contributed by atoms with van der Waals surface area (Å²) in [6.07, 6.45) is 5.71. The largest absolute Gasteiger partial charge is 0.385 e. The molecule has 1 aliphatic rings. The number of hydrogen-bond donors (Lipinski definition) is 1. The lowest BCUT2D eigenvalue weighted by molar-refractivity contribution is -0.129. The molecule has 1 aromatic rings. The Labute approximate surface area is 135 Å². The van der Waals surface area contributed by atoms with Crippen molar-refractivity contribution in [3.63, 3.8) is 0 Å². The average Bonchev–Trinajstić information content (AvgIpc) is 2.83. The van der Waals surface area contributed by atoms with Crippen molar-refractivity contribution in [3.05, 3.63) is 15.9 Å². The van der Waals surface area contributed by atoms with E-state index in [2.05, 4.69) is 28.0 Å². The van der Waals surface area contributed by atoms with Crippen molar-refractivity contribution >= 4 is 21.7 Å². The molecule has 1 atom stereocenters. The van der Waals surface area contributed by atoms with Crippen molar-refractivity contribution in [2.45, 2.75) is 71.4 Å². The summed E-state index contributed by atoms with van der Waals surface area (Å²) >= 11 is 3.56. The first kappa shape index (κ1) is 16.7. The van der Waals surface area contributed by atoms with E-state index in [1.165, 1.54) is 6.42 Å². The SMILES string of the molecule is CCc1nn(CC)c(CC(=O)C(O)C2CCCCC2)c1Br. The topological polar surface area (TPSA) is 55.1 Å². The Balaban J connectivity index is 2.09. The van der Waals surface area contributed by atoms with Crippen LogP contribution in [0.1, 0.15) is 57.3 Å². The number of aromatic nitrogens is 2. The summed E-state index contributed by atoms with van der Waals surface area (Å²) < 4.78 is 2.80. The zero-order valence-electron chi connectivity index (χ0n) is 12.9. The molecule has 0 aliphatic heterocycles. The van der Waals surface area contributed by atoms with Gasteiger partial charge in [-0.05, 0) is 48.0 Å². The van der Waals surface area contributed by atoms with Crippen LogP contribution in [0.25, 0.3) is 0 Å². The Morgan fingerprint density at radius 1 is 1.38 bits per heavy atom. The van der Waals surface area contributed by atoms with Gasteiger partial charge in [0, 0.05) is 6.54 Å². The summed E-state index contributed by atoms with van der Waals surface area (Å²) in [5.74, 6) is 0.0773. The number of halogens is 1. The number of aliphatic hydroxyl groups is 1. The van der Waals surface area contributed by atoms with Gasteiger partial charge >= 0.3 is 0 Å². The van der Waals surface area contributed by atoms with Gasteiger partial charge in [0.15, 0.2) is 5.78 Å². The highest BCUT2D eigenvalue weighted by atomic mass is 79.9. The van der Waals surface area contributed by atoms with E-state index in [-0.39, 0.29) is 18.1 Å². The molecule has 5 heteroatoms. The maximum atomic E-state index is 12.4. The fourth-order valence-electron chi connectivity index (χ4n) is 3.17. The standard InChI is InChI=1S/C16H25BrN2O2/c1-3-12-15(17)13(19(4-2)18-12)10-14(20)16(21)11-8-6-5-7-9-11/h11,16,21H,3-10H2,1-2H3. The number of aryl methyl sites for hydroxylation is 2. The van der Waals surface area contributed by atoms with E-state index in [4.69, 9.17) is 0 Å². The predicted molar refractivity (Wildman–Crippen MR) is 86.3 cm³/mol. The Kier molecular flexibility index (Phi) is 5.99. The molecule has 1 saturated carbocycles. The molecule has 1 heterocycles. The van der Waals surface area contributed by atoms with Crippen molar-refractivity contribution in [2.24, 2.45) is 5.92 Å². The normalized spacial score (nSPS) is 17.9. The van der Waals surface area contributed by atoms with Gasteiger partial charge in [-0.2, -0.15) is 5.10 Å². The summed E-state index contributed by atoms with van der Waals surface area (Å²) in [6, 6.07) is 0. The molecule has 0 radical (unpaired) electrons. The second-order valence-electron chi connectivity index (χ2n) is 5.86. The number of carbonyl (C=O) groups is 1. The van der Waals surface area contributed by atoms with E-state index in [1.54, 1.807) is 0 Å². The number of hydrogen-bond acceptors (Lipinski definition) is 3. The quantitative estimate of drug-likeness (QED) is 0.850. The van der Waals surface area contributed by atoms with E-state index in [1.807, 2.05) is 11.6 Å². The van der Waals surface area contributed by atoms with E-state index < -0.39 is 6.10 Å². The van der Waals surface area contributed by atoms with Gasteiger partial charge in [0.1, 0.15) is 6.10 Å². The van der Waals surface area contributed by atoms with Crippen molar-refractivity contribution in [3.8, 4) is 0 Å². The molecule has 1 N–H and O–H groups in total. The molecule has 1 aliphatic carbocycles. The first-order chi connectivity index (χ1) is 10.1. The lowest BCUT2D eigenvalue weighted by atomic mass is 9.83. The molecule has 0 amide bonds. The number of rotatable bonds is 6. The maximum Gasteiger partial charge on any atom is 0.167 e. The predicted octanol–water partition coefficient (Wildman–Crippen LogP) is 3.28. The third-order valence-electron chi connectivity index (χ3n) is 4.46. The zero-order chi connectivity index (χ0) is 15.4. The van der Waals surface area contributed by atoms with Gasteiger partial charge in [-0.25, -0.2) is 0 Å². The number of aliphatic hydroxyl groups excluding tert-OH is 1. The maximum absolute atomic E-state index is 12.4. The Morgan fingerprint density at radius 2 is 2.05 bits per heavy atom. The molecule has 118 valence electrons. The van der Waals surface area contributed by atoms with Crippen molar-refractivity contribution in [1.29, 1.82) is 0 Å². The summed E-state index contributed by atoms with van der Waals surface area (Å²) in [5.41, 5.74) is 1.88. The van der Waals surface area contributed by atoms with Crippen LogP contribution in [0.15, 0.2) is 4.47 Å². The molecule has 4 nitrogen and oxygen atoms in total.